The van der Waals surface area contributed by atoms with E-state index < -0.39 is 6.10 Å². The average molecular weight is 337 g/mol. The van der Waals surface area contributed by atoms with E-state index in [1.807, 2.05) is 12.1 Å². The largest absolute Gasteiger partial charge is 0.467 e. The maximum absolute atomic E-state index is 9.92. The smallest absolute Gasteiger partial charge is 0.132 e. The van der Waals surface area contributed by atoms with Crippen molar-refractivity contribution >= 4 is 0 Å². The van der Waals surface area contributed by atoms with E-state index in [0.717, 1.165) is 12.8 Å². The van der Waals surface area contributed by atoms with Crippen molar-refractivity contribution in [3.63, 3.8) is 0 Å². The number of aliphatic hydroxyl groups excluding tert-OH is 1. The zero-order valence-corrected chi connectivity index (χ0v) is 16.0. The summed E-state index contributed by atoms with van der Waals surface area (Å²) < 4.78 is 5.22. The molecule has 1 aromatic heterocycles. The van der Waals surface area contributed by atoms with Crippen LogP contribution in [0.1, 0.15) is 122 Å². The van der Waals surface area contributed by atoms with Gasteiger partial charge in [-0.3, -0.25) is 0 Å². The van der Waals surface area contributed by atoms with Gasteiger partial charge in [-0.15, -0.1) is 0 Å². The summed E-state index contributed by atoms with van der Waals surface area (Å²) in [6, 6.07) is 3.70. The molecule has 140 valence electrons. The number of aliphatic hydroxyl groups is 1. The number of hydrogen-bond acceptors (Lipinski definition) is 2. The fourth-order valence-corrected chi connectivity index (χ4v) is 3.33. The number of hydrogen-bond donors (Lipinski definition) is 1. The Morgan fingerprint density at radius 2 is 1.21 bits per heavy atom. The summed E-state index contributed by atoms with van der Waals surface area (Å²) in [5, 5.41) is 9.92. The second-order valence-electron chi connectivity index (χ2n) is 7.27. The fourth-order valence-electron chi connectivity index (χ4n) is 3.33. The Morgan fingerprint density at radius 3 is 1.62 bits per heavy atom. The van der Waals surface area contributed by atoms with Crippen LogP contribution in [0.4, 0.5) is 0 Å². The molecule has 1 rings (SSSR count). The molecular weight excluding hydrogens is 296 g/mol. The Bertz CT molecular complexity index is 345. The molecule has 0 spiro atoms. The fraction of sp³-hybridized carbons (Fsp3) is 0.818. The molecule has 0 saturated heterocycles. The van der Waals surface area contributed by atoms with Crippen LogP contribution in [-0.4, -0.2) is 5.11 Å². The average Bonchev–Trinajstić information content (AvgIpc) is 3.13. The standard InChI is InChI=1S/C22H40O2/c1-2-3-4-5-6-7-8-9-10-11-12-13-14-15-16-18-21(23)22-19-17-20-24-22/h17,19-21,23H,2-16,18H2,1H3. The van der Waals surface area contributed by atoms with Gasteiger partial charge in [0.2, 0.25) is 0 Å². The summed E-state index contributed by atoms with van der Waals surface area (Å²) in [4.78, 5) is 0. The molecule has 0 aromatic carbocycles. The van der Waals surface area contributed by atoms with E-state index in [-0.39, 0.29) is 0 Å². The van der Waals surface area contributed by atoms with E-state index in [4.69, 9.17) is 4.42 Å². The molecule has 0 radical (unpaired) electrons. The van der Waals surface area contributed by atoms with Gasteiger partial charge in [0.05, 0.1) is 6.26 Å². The highest BCUT2D eigenvalue weighted by Gasteiger charge is 2.09. The number of unbranched alkanes of at least 4 members (excludes halogenated alkanes) is 14. The summed E-state index contributed by atoms with van der Waals surface area (Å²) in [6.45, 7) is 2.28. The quantitative estimate of drug-likeness (QED) is 0.297. The molecule has 1 unspecified atom stereocenters. The van der Waals surface area contributed by atoms with Crippen molar-refractivity contribution < 1.29 is 9.52 Å². The molecule has 0 amide bonds. The minimum Gasteiger partial charge on any atom is -0.467 e. The lowest BCUT2D eigenvalue weighted by Gasteiger charge is -2.07. The lowest BCUT2D eigenvalue weighted by atomic mass is 10.0. The number of rotatable bonds is 17. The Kier molecular flexibility index (Phi) is 14.0. The van der Waals surface area contributed by atoms with Crippen molar-refractivity contribution in [1.29, 1.82) is 0 Å². The van der Waals surface area contributed by atoms with Crippen LogP contribution >= 0.6 is 0 Å². The van der Waals surface area contributed by atoms with Crippen LogP contribution in [0.15, 0.2) is 22.8 Å². The van der Waals surface area contributed by atoms with Crippen molar-refractivity contribution in [2.45, 2.75) is 116 Å². The van der Waals surface area contributed by atoms with Gasteiger partial charge in [0.25, 0.3) is 0 Å². The molecule has 1 aromatic rings. The molecule has 1 atom stereocenters. The van der Waals surface area contributed by atoms with Gasteiger partial charge >= 0.3 is 0 Å². The predicted molar refractivity (Wildman–Crippen MR) is 103 cm³/mol. The summed E-state index contributed by atoms with van der Waals surface area (Å²) in [7, 11) is 0. The first-order valence-corrected chi connectivity index (χ1v) is 10.6. The first-order valence-electron chi connectivity index (χ1n) is 10.6. The first-order chi connectivity index (χ1) is 11.8. The van der Waals surface area contributed by atoms with Gasteiger partial charge < -0.3 is 9.52 Å². The maximum atomic E-state index is 9.92. The zero-order valence-electron chi connectivity index (χ0n) is 16.0. The predicted octanol–water partition coefficient (Wildman–Crippen LogP) is 7.57. The molecular formula is C22H40O2. The lowest BCUT2D eigenvalue weighted by Crippen LogP contribution is -1.95. The van der Waals surface area contributed by atoms with Crippen LogP contribution in [-0.2, 0) is 0 Å². The van der Waals surface area contributed by atoms with Crippen molar-refractivity contribution in [2.24, 2.45) is 0 Å². The van der Waals surface area contributed by atoms with Gasteiger partial charge in [0.15, 0.2) is 0 Å². The molecule has 0 fully saturated rings. The van der Waals surface area contributed by atoms with Crippen LogP contribution in [0, 0.1) is 0 Å². The highest BCUT2D eigenvalue weighted by atomic mass is 16.4. The topological polar surface area (TPSA) is 33.4 Å². The molecule has 0 aliphatic heterocycles. The van der Waals surface area contributed by atoms with Gasteiger partial charge in [0, 0.05) is 0 Å². The highest BCUT2D eigenvalue weighted by Crippen LogP contribution is 2.20. The van der Waals surface area contributed by atoms with Gasteiger partial charge in [0.1, 0.15) is 11.9 Å². The third-order valence-electron chi connectivity index (χ3n) is 4.95. The second-order valence-corrected chi connectivity index (χ2v) is 7.27. The van der Waals surface area contributed by atoms with Crippen LogP contribution in [0.25, 0.3) is 0 Å². The summed E-state index contributed by atoms with van der Waals surface area (Å²) in [5.74, 6) is 0.709. The second kappa shape index (κ2) is 15.7. The first kappa shape index (κ1) is 21.3. The van der Waals surface area contributed by atoms with E-state index in [0.29, 0.717) is 5.76 Å². The molecule has 24 heavy (non-hydrogen) atoms. The van der Waals surface area contributed by atoms with Crippen LogP contribution in [0.3, 0.4) is 0 Å². The highest BCUT2D eigenvalue weighted by molar-refractivity contribution is 5.01. The van der Waals surface area contributed by atoms with Crippen molar-refractivity contribution in [3.05, 3.63) is 24.2 Å². The molecule has 0 saturated carbocycles. The molecule has 0 aliphatic rings. The third-order valence-corrected chi connectivity index (χ3v) is 4.95. The van der Waals surface area contributed by atoms with Crippen molar-refractivity contribution in [1.82, 2.24) is 0 Å². The van der Waals surface area contributed by atoms with E-state index in [2.05, 4.69) is 6.92 Å². The Balaban J connectivity index is 1.73. The molecule has 0 aliphatic carbocycles. The number of furan rings is 1. The minimum atomic E-state index is -0.415. The zero-order chi connectivity index (χ0) is 17.3. The maximum Gasteiger partial charge on any atom is 0.132 e. The Labute approximate surface area is 150 Å². The van der Waals surface area contributed by atoms with E-state index in [9.17, 15) is 5.11 Å². The van der Waals surface area contributed by atoms with E-state index in [1.165, 1.54) is 89.9 Å². The molecule has 0 bridgehead atoms. The van der Waals surface area contributed by atoms with Gasteiger partial charge in [-0.25, -0.2) is 0 Å². The lowest BCUT2D eigenvalue weighted by molar-refractivity contribution is 0.136. The molecule has 1 N–H and O–H groups in total. The monoisotopic (exact) mass is 336 g/mol. The Hall–Kier alpha value is -0.760. The molecule has 1 heterocycles. The van der Waals surface area contributed by atoms with Crippen LogP contribution < -0.4 is 0 Å². The van der Waals surface area contributed by atoms with Crippen LogP contribution in [0.5, 0.6) is 0 Å². The van der Waals surface area contributed by atoms with Crippen LogP contribution in [0.2, 0.25) is 0 Å². The summed E-state index contributed by atoms with van der Waals surface area (Å²) in [5.41, 5.74) is 0. The SMILES string of the molecule is CCCCCCCCCCCCCCCCCC(O)c1ccco1. The minimum absolute atomic E-state index is 0.415. The third kappa shape index (κ3) is 11.7. The van der Waals surface area contributed by atoms with Gasteiger partial charge in [-0.05, 0) is 18.6 Å². The van der Waals surface area contributed by atoms with E-state index >= 15 is 0 Å². The van der Waals surface area contributed by atoms with Gasteiger partial charge in [-0.2, -0.15) is 0 Å². The van der Waals surface area contributed by atoms with E-state index in [1.54, 1.807) is 6.26 Å². The van der Waals surface area contributed by atoms with Crippen molar-refractivity contribution in [2.75, 3.05) is 0 Å². The van der Waals surface area contributed by atoms with Crippen molar-refractivity contribution in [3.8, 4) is 0 Å². The summed E-state index contributed by atoms with van der Waals surface area (Å²) >= 11 is 0. The summed E-state index contributed by atoms with van der Waals surface area (Å²) in [6.07, 6.45) is 22.7. The molecule has 2 nitrogen and oxygen atoms in total. The molecule has 2 heteroatoms. The Morgan fingerprint density at radius 1 is 0.750 bits per heavy atom. The van der Waals surface area contributed by atoms with Gasteiger partial charge in [-0.1, -0.05) is 103 Å². The normalized spacial score (nSPS) is 12.6.